The number of methoxy groups -OCH3 is 1. The largest absolute Gasteiger partial charge is 0.497 e. The van der Waals surface area contributed by atoms with Gasteiger partial charge < -0.3 is 14.5 Å². The van der Waals surface area contributed by atoms with Crippen molar-refractivity contribution in [3.05, 3.63) is 40.2 Å². The summed E-state index contributed by atoms with van der Waals surface area (Å²) in [6.45, 7) is 5.63. The Hall–Kier alpha value is -2.30. The number of amides is 1. The van der Waals surface area contributed by atoms with Gasteiger partial charge in [-0.3, -0.25) is 4.79 Å². The minimum Gasteiger partial charge on any atom is -0.497 e. The van der Waals surface area contributed by atoms with Crippen LogP contribution in [0.25, 0.3) is 11.0 Å². The normalized spacial score (nSPS) is 11.4. The summed E-state index contributed by atoms with van der Waals surface area (Å²) in [4.78, 5) is 23.8. The Morgan fingerprint density at radius 3 is 2.55 bits per heavy atom. The van der Waals surface area contributed by atoms with Crippen LogP contribution in [0.4, 0.5) is 0 Å². The first-order valence-electron chi connectivity index (χ1n) is 6.24. The second-order valence-electron chi connectivity index (χ2n) is 5.55. The molecular formula is C15H17NO4. The van der Waals surface area contributed by atoms with Crippen molar-refractivity contribution < 1.29 is 13.9 Å². The predicted octanol–water partition coefficient (Wildman–Crippen LogP) is 2.33. The fraction of sp³-hybridized carbons (Fsp3) is 0.333. The monoisotopic (exact) mass is 275 g/mol. The second-order valence-corrected chi connectivity index (χ2v) is 5.55. The van der Waals surface area contributed by atoms with Crippen LogP contribution in [-0.2, 0) is 0 Å². The Morgan fingerprint density at radius 2 is 1.95 bits per heavy atom. The molecule has 0 bridgehead atoms. The summed E-state index contributed by atoms with van der Waals surface area (Å²) < 4.78 is 10.2. The van der Waals surface area contributed by atoms with Crippen LogP contribution < -0.4 is 15.7 Å². The molecule has 0 unspecified atom stereocenters. The fourth-order valence-corrected chi connectivity index (χ4v) is 1.87. The first-order chi connectivity index (χ1) is 9.30. The number of rotatable bonds is 2. The molecule has 0 saturated carbocycles. The molecule has 0 radical (unpaired) electrons. The van der Waals surface area contributed by atoms with Crippen molar-refractivity contribution in [2.45, 2.75) is 26.3 Å². The lowest BCUT2D eigenvalue weighted by atomic mass is 10.1. The van der Waals surface area contributed by atoms with Crippen molar-refractivity contribution in [1.82, 2.24) is 5.32 Å². The van der Waals surface area contributed by atoms with E-state index in [1.165, 1.54) is 13.2 Å². The predicted molar refractivity (Wildman–Crippen MR) is 76.3 cm³/mol. The average molecular weight is 275 g/mol. The third-order valence-corrected chi connectivity index (χ3v) is 2.68. The number of carbonyl (C=O) groups is 1. The van der Waals surface area contributed by atoms with Gasteiger partial charge in [0.05, 0.1) is 12.7 Å². The highest BCUT2D eigenvalue weighted by Gasteiger charge is 2.19. The molecule has 0 aliphatic rings. The maximum Gasteiger partial charge on any atom is 0.337 e. The highest BCUT2D eigenvalue weighted by molar-refractivity contribution is 6.05. The smallest absolute Gasteiger partial charge is 0.337 e. The van der Waals surface area contributed by atoms with Gasteiger partial charge >= 0.3 is 5.63 Å². The number of hydrogen-bond acceptors (Lipinski definition) is 4. The molecule has 0 aliphatic carbocycles. The van der Waals surface area contributed by atoms with Crippen LogP contribution in [0.3, 0.4) is 0 Å². The van der Waals surface area contributed by atoms with Crippen molar-refractivity contribution >= 4 is 16.9 Å². The molecule has 0 fully saturated rings. The molecule has 2 aromatic rings. The van der Waals surface area contributed by atoms with Crippen molar-refractivity contribution in [2.24, 2.45) is 0 Å². The average Bonchev–Trinajstić information content (AvgIpc) is 2.34. The lowest BCUT2D eigenvalue weighted by Crippen LogP contribution is -2.40. The van der Waals surface area contributed by atoms with Gasteiger partial charge in [-0.25, -0.2) is 4.79 Å². The number of fused-ring (bicyclic) bond motifs is 1. The molecule has 20 heavy (non-hydrogen) atoms. The van der Waals surface area contributed by atoms with Gasteiger partial charge in [0.2, 0.25) is 0 Å². The summed E-state index contributed by atoms with van der Waals surface area (Å²) in [6, 6.07) is 6.21. The quantitative estimate of drug-likeness (QED) is 0.854. The maximum absolute atomic E-state index is 12.3. The molecule has 1 N–H and O–H groups in total. The lowest BCUT2D eigenvalue weighted by molar-refractivity contribution is 0.0920. The summed E-state index contributed by atoms with van der Waals surface area (Å²) in [7, 11) is 1.52. The number of ether oxygens (including phenoxy) is 1. The van der Waals surface area contributed by atoms with Crippen molar-refractivity contribution in [2.75, 3.05) is 7.11 Å². The number of hydrogen-bond donors (Lipinski definition) is 1. The van der Waals surface area contributed by atoms with E-state index in [0.29, 0.717) is 22.3 Å². The van der Waals surface area contributed by atoms with Crippen LogP contribution in [0.15, 0.2) is 33.5 Å². The van der Waals surface area contributed by atoms with E-state index in [9.17, 15) is 9.59 Å². The van der Waals surface area contributed by atoms with E-state index in [4.69, 9.17) is 9.15 Å². The van der Waals surface area contributed by atoms with Crippen molar-refractivity contribution in [3.8, 4) is 5.75 Å². The molecular weight excluding hydrogens is 258 g/mol. The number of carbonyl (C=O) groups excluding carboxylic acids is 1. The standard InChI is InChI=1S/C15H17NO4/c1-15(2,3)16-14(18)11-8-13(17)20-12-7-9(19-4)5-6-10(11)12/h5-8H,1-4H3,(H,16,18). The van der Waals surface area contributed by atoms with Gasteiger partial charge in [-0.1, -0.05) is 0 Å². The van der Waals surface area contributed by atoms with E-state index in [0.717, 1.165) is 0 Å². The van der Waals surface area contributed by atoms with E-state index in [-0.39, 0.29) is 11.4 Å². The zero-order valence-corrected chi connectivity index (χ0v) is 11.9. The van der Waals surface area contributed by atoms with E-state index in [2.05, 4.69) is 5.32 Å². The highest BCUT2D eigenvalue weighted by Crippen LogP contribution is 2.22. The summed E-state index contributed by atoms with van der Waals surface area (Å²) in [5.74, 6) is 0.259. The van der Waals surface area contributed by atoms with Crippen molar-refractivity contribution in [3.63, 3.8) is 0 Å². The van der Waals surface area contributed by atoms with Gasteiger partial charge in [0.1, 0.15) is 11.3 Å². The molecule has 0 atom stereocenters. The summed E-state index contributed by atoms with van der Waals surface area (Å²) in [5, 5.41) is 3.41. The molecule has 0 saturated heterocycles. The molecule has 5 heteroatoms. The summed E-state index contributed by atoms with van der Waals surface area (Å²) in [6.07, 6.45) is 0. The highest BCUT2D eigenvalue weighted by atomic mass is 16.5. The Bertz CT molecular complexity index is 710. The van der Waals surface area contributed by atoms with Crippen LogP contribution >= 0.6 is 0 Å². The molecule has 1 amide bonds. The van der Waals surface area contributed by atoms with Crippen LogP contribution in [0.5, 0.6) is 5.75 Å². The molecule has 1 aromatic carbocycles. The second kappa shape index (κ2) is 5.00. The first kappa shape index (κ1) is 14.1. The van der Waals surface area contributed by atoms with Gasteiger partial charge in [-0.2, -0.15) is 0 Å². The third-order valence-electron chi connectivity index (χ3n) is 2.68. The number of nitrogens with one attached hydrogen (secondary N) is 1. The lowest BCUT2D eigenvalue weighted by Gasteiger charge is -2.20. The maximum atomic E-state index is 12.3. The summed E-state index contributed by atoms with van der Waals surface area (Å²) in [5.41, 5.74) is -0.319. The Kier molecular flexibility index (Phi) is 3.53. The van der Waals surface area contributed by atoms with E-state index >= 15 is 0 Å². The first-order valence-corrected chi connectivity index (χ1v) is 6.24. The Labute approximate surface area is 116 Å². The van der Waals surface area contributed by atoms with Crippen LogP contribution in [0.1, 0.15) is 31.1 Å². The minimum atomic E-state index is -0.565. The Morgan fingerprint density at radius 1 is 1.25 bits per heavy atom. The van der Waals surface area contributed by atoms with Crippen LogP contribution in [0, 0.1) is 0 Å². The van der Waals surface area contributed by atoms with Gasteiger partial charge in [0.25, 0.3) is 5.91 Å². The number of benzene rings is 1. The third kappa shape index (κ3) is 2.99. The summed E-state index contributed by atoms with van der Waals surface area (Å²) >= 11 is 0. The van der Waals surface area contributed by atoms with E-state index in [1.54, 1.807) is 18.2 Å². The minimum absolute atomic E-state index is 0.300. The van der Waals surface area contributed by atoms with E-state index in [1.807, 2.05) is 20.8 Å². The zero-order valence-electron chi connectivity index (χ0n) is 11.9. The fourth-order valence-electron chi connectivity index (χ4n) is 1.87. The van der Waals surface area contributed by atoms with Gasteiger partial charge in [-0.05, 0) is 32.9 Å². The molecule has 0 aliphatic heterocycles. The topological polar surface area (TPSA) is 68.5 Å². The zero-order chi connectivity index (χ0) is 14.9. The van der Waals surface area contributed by atoms with Crippen LogP contribution in [0.2, 0.25) is 0 Å². The Balaban J connectivity index is 2.58. The molecule has 5 nitrogen and oxygen atoms in total. The molecule has 1 aromatic heterocycles. The van der Waals surface area contributed by atoms with Crippen molar-refractivity contribution in [1.29, 1.82) is 0 Å². The van der Waals surface area contributed by atoms with Gasteiger partial charge in [0.15, 0.2) is 0 Å². The molecule has 2 rings (SSSR count). The van der Waals surface area contributed by atoms with Gasteiger partial charge in [-0.15, -0.1) is 0 Å². The SMILES string of the molecule is COc1ccc2c(C(=O)NC(C)(C)C)cc(=O)oc2c1. The van der Waals surface area contributed by atoms with E-state index < -0.39 is 5.63 Å². The van der Waals surface area contributed by atoms with Crippen LogP contribution in [-0.4, -0.2) is 18.6 Å². The molecule has 1 heterocycles. The van der Waals surface area contributed by atoms with Gasteiger partial charge in [0, 0.05) is 23.1 Å². The molecule has 106 valence electrons. The molecule has 0 spiro atoms.